The lowest BCUT2D eigenvalue weighted by Crippen LogP contribution is -2.29. The normalized spacial score (nSPS) is 11.3. The van der Waals surface area contributed by atoms with Crippen LogP contribution in [0.4, 0.5) is 5.69 Å². The lowest BCUT2D eigenvalue weighted by atomic mass is 10.0. The van der Waals surface area contributed by atoms with Gasteiger partial charge in [-0.15, -0.1) is 0 Å². The first kappa shape index (κ1) is 19.2. The van der Waals surface area contributed by atoms with Crippen molar-refractivity contribution >= 4 is 23.4 Å². The zero-order valence-corrected chi connectivity index (χ0v) is 14.9. The number of carbonyl (C=O) groups is 3. The first-order valence-corrected chi connectivity index (χ1v) is 8.49. The van der Waals surface area contributed by atoms with Gasteiger partial charge in [0, 0.05) is 24.7 Å². The minimum atomic E-state index is -0.416. The molecular weight excluding hydrogens is 330 g/mol. The van der Waals surface area contributed by atoms with Gasteiger partial charge in [0.25, 0.3) is 5.91 Å². The molecule has 26 heavy (non-hydrogen) atoms. The van der Waals surface area contributed by atoms with Gasteiger partial charge in [0.2, 0.25) is 11.8 Å². The number of hydrogen-bond donors (Lipinski definition) is 3. The number of carbonyl (C=O) groups excluding carboxylic acids is 3. The summed E-state index contributed by atoms with van der Waals surface area (Å²) in [6.45, 7) is 3.80. The largest absolute Gasteiger partial charge is 0.352 e. The van der Waals surface area contributed by atoms with Crippen molar-refractivity contribution in [2.45, 2.75) is 26.3 Å². The van der Waals surface area contributed by atoms with Crippen molar-refractivity contribution < 1.29 is 14.4 Å². The SMILES string of the molecule is CCNC(=O)c1cccc(NC(=O)C[C@H](NC(C)=O)c2ccccc2)c1. The maximum absolute atomic E-state index is 12.4. The Morgan fingerprint density at radius 3 is 2.38 bits per heavy atom. The third kappa shape index (κ3) is 5.73. The predicted octanol–water partition coefficient (Wildman–Crippen LogP) is 2.64. The molecule has 0 unspecified atom stereocenters. The van der Waals surface area contributed by atoms with Gasteiger partial charge in [-0.3, -0.25) is 14.4 Å². The molecule has 6 heteroatoms. The predicted molar refractivity (Wildman–Crippen MR) is 101 cm³/mol. The monoisotopic (exact) mass is 353 g/mol. The topological polar surface area (TPSA) is 87.3 Å². The highest BCUT2D eigenvalue weighted by Gasteiger charge is 2.17. The Bertz CT molecular complexity index is 775. The number of anilines is 1. The van der Waals surface area contributed by atoms with Crippen LogP contribution in [0.25, 0.3) is 0 Å². The molecule has 3 N–H and O–H groups in total. The Morgan fingerprint density at radius 1 is 1.00 bits per heavy atom. The Labute approximate surface area is 153 Å². The van der Waals surface area contributed by atoms with Crippen molar-refractivity contribution in [2.75, 3.05) is 11.9 Å². The molecule has 0 aromatic heterocycles. The fourth-order valence-corrected chi connectivity index (χ4v) is 2.58. The zero-order valence-electron chi connectivity index (χ0n) is 14.9. The van der Waals surface area contributed by atoms with Crippen LogP contribution < -0.4 is 16.0 Å². The number of amides is 3. The van der Waals surface area contributed by atoms with E-state index < -0.39 is 6.04 Å². The molecule has 0 spiro atoms. The molecular formula is C20H23N3O3. The van der Waals surface area contributed by atoms with E-state index in [-0.39, 0.29) is 24.1 Å². The molecule has 0 heterocycles. The van der Waals surface area contributed by atoms with Gasteiger partial charge in [0.1, 0.15) is 0 Å². The molecule has 0 aliphatic carbocycles. The van der Waals surface area contributed by atoms with Crippen molar-refractivity contribution in [3.8, 4) is 0 Å². The van der Waals surface area contributed by atoms with Crippen LogP contribution in [0.5, 0.6) is 0 Å². The lowest BCUT2D eigenvalue weighted by Gasteiger charge is -2.18. The van der Waals surface area contributed by atoms with Crippen LogP contribution in [0.15, 0.2) is 54.6 Å². The third-order valence-corrected chi connectivity index (χ3v) is 3.71. The highest BCUT2D eigenvalue weighted by atomic mass is 16.2. The molecule has 0 aliphatic rings. The molecule has 2 aromatic carbocycles. The molecule has 136 valence electrons. The smallest absolute Gasteiger partial charge is 0.251 e. The van der Waals surface area contributed by atoms with Gasteiger partial charge in [-0.25, -0.2) is 0 Å². The van der Waals surface area contributed by atoms with Gasteiger partial charge in [-0.05, 0) is 30.7 Å². The number of benzene rings is 2. The summed E-state index contributed by atoms with van der Waals surface area (Å²) in [6.07, 6.45) is 0.0922. The maximum Gasteiger partial charge on any atom is 0.251 e. The molecule has 0 saturated carbocycles. The quantitative estimate of drug-likeness (QED) is 0.715. The van der Waals surface area contributed by atoms with E-state index in [4.69, 9.17) is 0 Å². The number of hydrogen-bond acceptors (Lipinski definition) is 3. The number of rotatable bonds is 7. The van der Waals surface area contributed by atoms with Crippen LogP contribution in [0.3, 0.4) is 0 Å². The second-order valence-electron chi connectivity index (χ2n) is 5.86. The molecule has 3 amide bonds. The Morgan fingerprint density at radius 2 is 1.73 bits per heavy atom. The van der Waals surface area contributed by atoms with E-state index in [1.54, 1.807) is 24.3 Å². The van der Waals surface area contributed by atoms with Gasteiger partial charge in [0.15, 0.2) is 0 Å². The molecule has 0 bridgehead atoms. The minimum absolute atomic E-state index is 0.0922. The molecule has 6 nitrogen and oxygen atoms in total. The second kappa shape index (κ2) is 9.36. The van der Waals surface area contributed by atoms with Crippen molar-refractivity contribution in [3.05, 3.63) is 65.7 Å². The fourth-order valence-electron chi connectivity index (χ4n) is 2.58. The molecule has 0 aliphatic heterocycles. The molecule has 0 fully saturated rings. The lowest BCUT2D eigenvalue weighted by molar-refractivity contribution is -0.120. The standard InChI is InChI=1S/C20H23N3O3/c1-3-21-20(26)16-10-7-11-17(12-16)23-19(25)13-18(22-14(2)24)15-8-5-4-6-9-15/h4-12,18H,3,13H2,1-2H3,(H,21,26)(H,22,24)(H,23,25)/t18-/m0/s1. The molecule has 0 saturated heterocycles. The molecule has 0 radical (unpaired) electrons. The summed E-state index contributed by atoms with van der Waals surface area (Å²) in [4.78, 5) is 35.8. The Kier molecular flexibility index (Phi) is 6.91. The van der Waals surface area contributed by atoms with E-state index in [1.807, 2.05) is 37.3 Å². The van der Waals surface area contributed by atoms with E-state index in [1.165, 1.54) is 6.92 Å². The summed E-state index contributed by atoms with van der Waals surface area (Å²) in [5.74, 6) is -0.644. The van der Waals surface area contributed by atoms with Crippen LogP contribution in [0.2, 0.25) is 0 Å². The van der Waals surface area contributed by atoms with Crippen LogP contribution in [-0.2, 0) is 9.59 Å². The van der Waals surface area contributed by atoms with Crippen molar-refractivity contribution in [2.24, 2.45) is 0 Å². The number of nitrogens with one attached hydrogen (secondary N) is 3. The molecule has 2 rings (SSSR count). The first-order valence-electron chi connectivity index (χ1n) is 8.49. The van der Waals surface area contributed by atoms with Crippen LogP contribution in [-0.4, -0.2) is 24.3 Å². The van der Waals surface area contributed by atoms with E-state index in [0.717, 1.165) is 5.56 Å². The summed E-state index contributed by atoms with van der Waals surface area (Å²) in [7, 11) is 0. The third-order valence-electron chi connectivity index (χ3n) is 3.71. The Hall–Kier alpha value is -3.15. The second-order valence-corrected chi connectivity index (χ2v) is 5.86. The van der Waals surface area contributed by atoms with Gasteiger partial charge in [-0.1, -0.05) is 36.4 Å². The summed E-state index contributed by atoms with van der Waals surface area (Å²) in [5, 5.41) is 8.30. The van der Waals surface area contributed by atoms with Crippen LogP contribution >= 0.6 is 0 Å². The van der Waals surface area contributed by atoms with E-state index in [9.17, 15) is 14.4 Å². The van der Waals surface area contributed by atoms with Gasteiger partial charge < -0.3 is 16.0 Å². The summed E-state index contributed by atoms with van der Waals surface area (Å²) >= 11 is 0. The van der Waals surface area contributed by atoms with Crippen LogP contribution in [0, 0.1) is 0 Å². The van der Waals surface area contributed by atoms with Gasteiger partial charge in [-0.2, -0.15) is 0 Å². The maximum atomic E-state index is 12.4. The van der Waals surface area contributed by atoms with Crippen molar-refractivity contribution in [1.29, 1.82) is 0 Å². The fraction of sp³-hybridized carbons (Fsp3) is 0.250. The average Bonchev–Trinajstić information content (AvgIpc) is 2.62. The van der Waals surface area contributed by atoms with Gasteiger partial charge in [0.05, 0.1) is 12.5 Å². The minimum Gasteiger partial charge on any atom is -0.352 e. The summed E-state index contributed by atoms with van der Waals surface area (Å²) in [6, 6.07) is 15.6. The summed E-state index contributed by atoms with van der Waals surface area (Å²) < 4.78 is 0. The highest BCUT2D eigenvalue weighted by Crippen LogP contribution is 2.18. The van der Waals surface area contributed by atoms with E-state index >= 15 is 0 Å². The van der Waals surface area contributed by atoms with E-state index in [2.05, 4.69) is 16.0 Å². The Balaban J connectivity index is 2.07. The van der Waals surface area contributed by atoms with Crippen molar-refractivity contribution in [3.63, 3.8) is 0 Å². The zero-order chi connectivity index (χ0) is 18.9. The van der Waals surface area contributed by atoms with E-state index in [0.29, 0.717) is 17.8 Å². The first-order chi connectivity index (χ1) is 12.5. The molecule has 1 atom stereocenters. The summed E-state index contributed by atoms with van der Waals surface area (Å²) in [5.41, 5.74) is 1.87. The van der Waals surface area contributed by atoms with Crippen molar-refractivity contribution in [1.82, 2.24) is 10.6 Å². The van der Waals surface area contributed by atoms with Crippen LogP contribution in [0.1, 0.15) is 42.2 Å². The molecule has 2 aromatic rings. The highest BCUT2D eigenvalue weighted by molar-refractivity contribution is 5.97. The van der Waals surface area contributed by atoms with Gasteiger partial charge >= 0.3 is 0 Å². The average molecular weight is 353 g/mol.